The lowest BCUT2D eigenvalue weighted by Gasteiger charge is -2.17. The Kier molecular flexibility index (Phi) is 2.07. The van der Waals surface area contributed by atoms with Crippen LogP contribution in [0, 0.1) is 5.82 Å². The molecule has 0 aliphatic carbocycles. The maximum atomic E-state index is 13.2. The van der Waals surface area contributed by atoms with Crippen LogP contribution < -0.4 is 10.5 Å². The molecule has 0 atom stereocenters. The van der Waals surface area contributed by atoms with Gasteiger partial charge in [0.15, 0.2) is 0 Å². The molecule has 2 aromatic rings. The number of amides is 1. The zero-order valence-electron chi connectivity index (χ0n) is 9.07. The van der Waals surface area contributed by atoms with Crippen molar-refractivity contribution >= 4 is 16.8 Å². The van der Waals surface area contributed by atoms with Gasteiger partial charge in [-0.15, -0.1) is 0 Å². The molecule has 1 amide bonds. The molecule has 2 heterocycles. The summed E-state index contributed by atoms with van der Waals surface area (Å²) in [5.41, 5.74) is 6.41. The van der Waals surface area contributed by atoms with Gasteiger partial charge in [-0.3, -0.25) is 4.79 Å². The van der Waals surface area contributed by atoms with Gasteiger partial charge in [-0.1, -0.05) is 0 Å². The van der Waals surface area contributed by atoms with Crippen LogP contribution in [0.2, 0.25) is 0 Å². The largest absolute Gasteiger partial charge is 0.478 e. The fourth-order valence-electron chi connectivity index (χ4n) is 2.31. The van der Waals surface area contributed by atoms with E-state index in [0.29, 0.717) is 17.9 Å². The molecule has 2 N–H and O–H groups in total. The van der Waals surface area contributed by atoms with E-state index in [1.54, 1.807) is 6.07 Å². The van der Waals surface area contributed by atoms with Crippen molar-refractivity contribution in [2.75, 3.05) is 6.61 Å². The molecular weight excluding hydrogens is 223 g/mol. The molecule has 1 aromatic heterocycles. The van der Waals surface area contributed by atoms with Gasteiger partial charge >= 0.3 is 0 Å². The number of ether oxygens (including phenoxy) is 1. The molecule has 0 spiro atoms. The molecule has 5 heteroatoms. The average Bonchev–Trinajstić information content (AvgIpc) is 2.62. The maximum absolute atomic E-state index is 13.2. The zero-order chi connectivity index (χ0) is 12.0. The molecule has 0 unspecified atom stereocenters. The van der Waals surface area contributed by atoms with Crippen LogP contribution in [-0.4, -0.2) is 17.1 Å². The zero-order valence-corrected chi connectivity index (χ0v) is 9.07. The summed E-state index contributed by atoms with van der Waals surface area (Å²) in [5, 5.41) is 0.523. The monoisotopic (exact) mass is 234 g/mol. The predicted molar refractivity (Wildman–Crippen MR) is 60.5 cm³/mol. The number of rotatable bonds is 1. The van der Waals surface area contributed by atoms with Gasteiger partial charge in [-0.2, -0.15) is 0 Å². The maximum Gasteiger partial charge on any atom is 0.254 e. The van der Waals surface area contributed by atoms with Crippen LogP contribution >= 0.6 is 0 Å². The van der Waals surface area contributed by atoms with Gasteiger partial charge in [-0.05, 0) is 24.6 Å². The van der Waals surface area contributed by atoms with Crippen LogP contribution in [-0.2, 0) is 6.54 Å². The minimum Gasteiger partial charge on any atom is -0.478 e. The summed E-state index contributed by atoms with van der Waals surface area (Å²) >= 11 is 0. The van der Waals surface area contributed by atoms with Crippen molar-refractivity contribution in [3.8, 4) is 5.88 Å². The Morgan fingerprint density at radius 1 is 1.47 bits per heavy atom. The summed E-state index contributed by atoms with van der Waals surface area (Å²) in [4.78, 5) is 11.5. The lowest BCUT2D eigenvalue weighted by atomic mass is 10.1. The van der Waals surface area contributed by atoms with E-state index >= 15 is 0 Å². The van der Waals surface area contributed by atoms with Crippen LogP contribution in [0.5, 0.6) is 5.88 Å². The first-order valence-electron chi connectivity index (χ1n) is 5.43. The van der Waals surface area contributed by atoms with Crippen LogP contribution in [0.3, 0.4) is 0 Å². The summed E-state index contributed by atoms with van der Waals surface area (Å²) < 4.78 is 20.6. The lowest BCUT2D eigenvalue weighted by Crippen LogP contribution is -2.18. The van der Waals surface area contributed by atoms with E-state index in [0.717, 1.165) is 18.5 Å². The number of carbonyl (C=O) groups is 1. The predicted octanol–water partition coefficient (Wildman–Crippen LogP) is 1.66. The Labute approximate surface area is 96.8 Å². The van der Waals surface area contributed by atoms with Crippen LogP contribution in [0.25, 0.3) is 10.9 Å². The van der Waals surface area contributed by atoms with Crippen molar-refractivity contribution in [2.24, 2.45) is 5.73 Å². The third-order valence-corrected chi connectivity index (χ3v) is 2.99. The van der Waals surface area contributed by atoms with Gasteiger partial charge in [0.1, 0.15) is 11.4 Å². The molecule has 0 bridgehead atoms. The number of aromatic nitrogens is 1. The number of fused-ring (bicyclic) bond motifs is 3. The Hall–Kier alpha value is -2.04. The molecule has 0 saturated heterocycles. The van der Waals surface area contributed by atoms with Gasteiger partial charge in [0.2, 0.25) is 5.88 Å². The number of nitrogens with two attached hydrogens (primary N) is 1. The molecule has 0 radical (unpaired) electrons. The molecule has 1 aromatic carbocycles. The minimum absolute atomic E-state index is 0.277. The first-order chi connectivity index (χ1) is 8.18. The Bertz CT molecular complexity index is 618. The number of nitrogens with zero attached hydrogens (tertiary/aromatic N) is 1. The minimum atomic E-state index is -0.587. The standard InChI is InChI=1S/C12H11FN2O2/c13-7-2-3-9-8(6-7)10(11(14)16)12-15(9)4-1-5-17-12/h2-3,6H,1,4-5H2,(H2,14,16). The van der Waals surface area contributed by atoms with Gasteiger partial charge in [-0.25, -0.2) is 4.39 Å². The first-order valence-corrected chi connectivity index (χ1v) is 5.43. The van der Waals surface area contributed by atoms with Gasteiger partial charge in [0.05, 0.1) is 12.1 Å². The van der Waals surface area contributed by atoms with Crippen molar-refractivity contribution in [3.63, 3.8) is 0 Å². The van der Waals surface area contributed by atoms with Gasteiger partial charge < -0.3 is 15.0 Å². The topological polar surface area (TPSA) is 57.2 Å². The van der Waals surface area contributed by atoms with Crippen molar-refractivity contribution < 1.29 is 13.9 Å². The number of hydrogen-bond donors (Lipinski definition) is 1. The number of halogens is 1. The van der Waals surface area contributed by atoms with Crippen LogP contribution in [0.4, 0.5) is 4.39 Å². The normalized spacial score (nSPS) is 14.4. The van der Waals surface area contributed by atoms with E-state index in [1.165, 1.54) is 12.1 Å². The second-order valence-corrected chi connectivity index (χ2v) is 4.06. The van der Waals surface area contributed by atoms with E-state index in [9.17, 15) is 9.18 Å². The fourth-order valence-corrected chi connectivity index (χ4v) is 2.31. The quantitative estimate of drug-likeness (QED) is 0.815. The van der Waals surface area contributed by atoms with Gasteiger partial charge in [0, 0.05) is 11.9 Å². The molecule has 17 heavy (non-hydrogen) atoms. The average molecular weight is 234 g/mol. The highest BCUT2D eigenvalue weighted by Gasteiger charge is 2.24. The number of primary amides is 1. The van der Waals surface area contributed by atoms with Crippen molar-refractivity contribution in [2.45, 2.75) is 13.0 Å². The van der Waals surface area contributed by atoms with Crippen LogP contribution in [0.15, 0.2) is 18.2 Å². The summed E-state index contributed by atoms with van der Waals surface area (Å²) in [6.45, 7) is 1.31. The second kappa shape index (κ2) is 3.48. The van der Waals surface area contributed by atoms with E-state index < -0.39 is 5.91 Å². The Balaban J connectivity index is 2.42. The number of benzene rings is 1. The summed E-state index contributed by atoms with van der Waals surface area (Å²) in [5.74, 6) is -0.511. The molecule has 1 aliphatic heterocycles. The van der Waals surface area contributed by atoms with Crippen LogP contribution in [0.1, 0.15) is 16.8 Å². The SMILES string of the molecule is NC(=O)c1c2n(c3ccc(F)cc13)CCCO2. The molecule has 4 nitrogen and oxygen atoms in total. The Morgan fingerprint density at radius 2 is 2.29 bits per heavy atom. The number of carbonyl (C=O) groups excluding carboxylic acids is 1. The number of hydrogen-bond acceptors (Lipinski definition) is 2. The van der Waals surface area contributed by atoms with E-state index in [-0.39, 0.29) is 11.4 Å². The molecule has 0 fully saturated rings. The number of aryl methyl sites for hydroxylation is 1. The molecule has 0 saturated carbocycles. The fraction of sp³-hybridized carbons (Fsp3) is 0.250. The highest BCUT2D eigenvalue weighted by Crippen LogP contribution is 2.34. The van der Waals surface area contributed by atoms with Crippen molar-refractivity contribution in [1.82, 2.24) is 4.57 Å². The molecular formula is C12H11FN2O2. The Morgan fingerprint density at radius 3 is 3.06 bits per heavy atom. The van der Waals surface area contributed by atoms with E-state index in [1.807, 2.05) is 4.57 Å². The third kappa shape index (κ3) is 1.39. The summed E-state index contributed by atoms with van der Waals surface area (Å²) in [6.07, 6.45) is 0.867. The first kappa shape index (κ1) is 10.1. The highest BCUT2D eigenvalue weighted by molar-refractivity contribution is 6.09. The second-order valence-electron chi connectivity index (χ2n) is 4.06. The van der Waals surface area contributed by atoms with Crippen molar-refractivity contribution in [1.29, 1.82) is 0 Å². The van der Waals surface area contributed by atoms with E-state index in [2.05, 4.69) is 0 Å². The highest BCUT2D eigenvalue weighted by atomic mass is 19.1. The van der Waals surface area contributed by atoms with Crippen molar-refractivity contribution in [3.05, 3.63) is 29.6 Å². The smallest absolute Gasteiger partial charge is 0.254 e. The molecule has 88 valence electrons. The molecule has 3 rings (SSSR count). The third-order valence-electron chi connectivity index (χ3n) is 2.99. The summed E-state index contributed by atoms with van der Waals surface area (Å²) in [7, 11) is 0. The lowest BCUT2D eigenvalue weighted by molar-refractivity contribution is 0.0995. The van der Waals surface area contributed by atoms with Gasteiger partial charge in [0.25, 0.3) is 5.91 Å². The summed E-state index contributed by atoms with van der Waals surface area (Å²) in [6, 6.07) is 4.34. The van der Waals surface area contributed by atoms with E-state index in [4.69, 9.17) is 10.5 Å². The molecule has 1 aliphatic rings.